The molecular formula is C18H14ClNO3. The second-order valence-corrected chi connectivity index (χ2v) is 5.50. The number of aliphatic imine (C=N–C) groups is 1. The molecular weight excluding hydrogens is 314 g/mol. The van der Waals surface area contributed by atoms with Crippen LogP contribution in [0, 0.1) is 6.92 Å². The fourth-order valence-electron chi connectivity index (χ4n) is 2.14. The molecule has 2 aromatic rings. The van der Waals surface area contributed by atoms with Crippen LogP contribution in [0.3, 0.4) is 0 Å². The van der Waals surface area contributed by atoms with Crippen LogP contribution < -0.4 is 4.74 Å². The second-order valence-electron chi connectivity index (χ2n) is 5.09. The van der Waals surface area contributed by atoms with Gasteiger partial charge in [-0.15, -0.1) is 0 Å². The first-order valence-corrected chi connectivity index (χ1v) is 7.38. The molecule has 0 atom stereocenters. The highest BCUT2D eigenvalue weighted by atomic mass is 35.5. The zero-order chi connectivity index (χ0) is 16.4. The molecule has 4 nitrogen and oxygen atoms in total. The fraction of sp³-hybridized carbons (Fsp3) is 0.111. The van der Waals surface area contributed by atoms with E-state index in [0.717, 1.165) is 11.1 Å². The fourth-order valence-corrected chi connectivity index (χ4v) is 2.39. The molecule has 0 saturated carbocycles. The highest BCUT2D eigenvalue weighted by molar-refractivity contribution is 6.34. The summed E-state index contributed by atoms with van der Waals surface area (Å²) >= 11 is 6.19. The number of rotatable bonds is 3. The molecule has 0 aliphatic carbocycles. The van der Waals surface area contributed by atoms with Gasteiger partial charge in [-0.05, 0) is 36.8 Å². The lowest BCUT2D eigenvalue weighted by Crippen LogP contribution is -2.06. The monoisotopic (exact) mass is 327 g/mol. The number of ether oxygens (including phenoxy) is 2. The molecule has 0 N–H and O–H groups in total. The number of carbonyl (C=O) groups excluding carboxylic acids is 1. The van der Waals surface area contributed by atoms with Gasteiger partial charge in [-0.3, -0.25) is 0 Å². The first kappa shape index (κ1) is 15.3. The summed E-state index contributed by atoms with van der Waals surface area (Å²) in [5.41, 5.74) is 2.83. The minimum Gasteiger partial charge on any atom is -0.497 e. The molecule has 1 aliphatic rings. The van der Waals surface area contributed by atoms with Gasteiger partial charge in [0.05, 0.1) is 17.7 Å². The van der Waals surface area contributed by atoms with Crippen molar-refractivity contribution in [1.29, 1.82) is 0 Å². The predicted octanol–water partition coefficient (Wildman–Crippen LogP) is 4.00. The Labute approximate surface area is 139 Å². The summed E-state index contributed by atoms with van der Waals surface area (Å²) in [5.74, 6) is 0.326. The maximum absolute atomic E-state index is 12.0. The van der Waals surface area contributed by atoms with E-state index in [1.807, 2.05) is 31.2 Å². The van der Waals surface area contributed by atoms with E-state index in [2.05, 4.69) is 4.99 Å². The molecule has 0 radical (unpaired) electrons. The number of hydrogen-bond acceptors (Lipinski definition) is 4. The lowest BCUT2D eigenvalue weighted by molar-refractivity contribution is -0.129. The van der Waals surface area contributed by atoms with Gasteiger partial charge < -0.3 is 9.47 Å². The van der Waals surface area contributed by atoms with Crippen molar-refractivity contribution in [2.75, 3.05) is 7.11 Å². The predicted molar refractivity (Wildman–Crippen MR) is 89.8 cm³/mol. The summed E-state index contributed by atoms with van der Waals surface area (Å²) in [6, 6.07) is 12.9. The summed E-state index contributed by atoms with van der Waals surface area (Å²) in [7, 11) is 1.56. The molecule has 1 heterocycles. The molecule has 0 saturated heterocycles. The third-order valence-electron chi connectivity index (χ3n) is 3.41. The quantitative estimate of drug-likeness (QED) is 0.632. The number of methoxy groups -OCH3 is 1. The summed E-state index contributed by atoms with van der Waals surface area (Å²) in [5, 5.41) is 0.410. The number of nitrogens with zero attached hydrogens (tertiary/aromatic N) is 1. The van der Waals surface area contributed by atoms with Crippen LogP contribution in [-0.2, 0) is 9.53 Å². The van der Waals surface area contributed by atoms with Gasteiger partial charge in [-0.1, -0.05) is 41.4 Å². The first-order valence-electron chi connectivity index (χ1n) is 7.00. The molecule has 116 valence electrons. The van der Waals surface area contributed by atoms with Crippen LogP contribution in [0.4, 0.5) is 0 Å². The molecule has 23 heavy (non-hydrogen) atoms. The van der Waals surface area contributed by atoms with Crippen LogP contribution in [0.2, 0.25) is 5.02 Å². The molecule has 1 aliphatic heterocycles. The molecule has 0 aromatic heterocycles. The van der Waals surface area contributed by atoms with Crippen molar-refractivity contribution in [3.05, 3.63) is 69.9 Å². The molecule has 0 bridgehead atoms. The lowest BCUT2D eigenvalue weighted by atomic mass is 10.1. The Morgan fingerprint density at radius 1 is 1.17 bits per heavy atom. The van der Waals surface area contributed by atoms with E-state index in [1.165, 1.54) is 0 Å². The van der Waals surface area contributed by atoms with Crippen molar-refractivity contribution in [1.82, 2.24) is 0 Å². The standard InChI is InChI=1S/C18H14ClNO3/c1-11-3-5-12(6-4-11)9-16-18(21)23-17(20-16)14-8-7-13(22-2)10-15(14)19/h3-10H,1-2H3. The van der Waals surface area contributed by atoms with Crippen molar-refractivity contribution in [2.24, 2.45) is 4.99 Å². The summed E-state index contributed by atoms with van der Waals surface area (Å²) in [6.07, 6.45) is 1.69. The lowest BCUT2D eigenvalue weighted by Gasteiger charge is -2.05. The SMILES string of the molecule is COc1ccc(C2=NC(=Cc3ccc(C)cc3)C(=O)O2)c(Cl)c1. The average molecular weight is 328 g/mol. The Hall–Kier alpha value is -2.59. The van der Waals surface area contributed by atoms with Crippen molar-refractivity contribution >= 4 is 29.5 Å². The van der Waals surface area contributed by atoms with Gasteiger partial charge in [0.1, 0.15) is 5.75 Å². The molecule has 5 heteroatoms. The van der Waals surface area contributed by atoms with Gasteiger partial charge in [0.25, 0.3) is 0 Å². The minimum absolute atomic E-state index is 0.195. The number of carbonyl (C=O) groups is 1. The molecule has 0 spiro atoms. The van der Waals surface area contributed by atoms with E-state index in [0.29, 0.717) is 16.3 Å². The van der Waals surface area contributed by atoms with E-state index in [1.54, 1.807) is 31.4 Å². The number of hydrogen-bond donors (Lipinski definition) is 0. The van der Waals surface area contributed by atoms with Crippen LogP contribution in [0.1, 0.15) is 16.7 Å². The third-order valence-corrected chi connectivity index (χ3v) is 3.72. The number of aryl methyl sites for hydroxylation is 1. The summed E-state index contributed by atoms with van der Waals surface area (Å²) < 4.78 is 10.3. The van der Waals surface area contributed by atoms with Crippen molar-refractivity contribution in [3.63, 3.8) is 0 Å². The smallest absolute Gasteiger partial charge is 0.363 e. The second kappa shape index (κ2) is 6.26. The molecule has 3 rings (SSSR count). The Morgan fingerprint density at radius 3 is 2.57 bits per heavy atom. The van der Waals surface area contributed by atoms with Crippen molar-refractivity contribution in [3.8, 4) is 5.75 Å². The van der Waals surface area contributed by atoms with Crippen LogP contribution in [0.25, 0.3) is 6.08 Å². The van der Waals surface area contributed by atoms with Crippen LogP contribution in [-0.4, -0.2) is 19.0 Å². The Kier molecular flexibility index (Phi) is 4.17. The number of cyclic esters (lactones) is 1. The van der Waals surface area contributed by atoms with Crippen molar-refractivity contribution in [2.45, 2.75) is 6.92 Å². The van der Waals surface area contributed by atoms with Gasteiger partial charge in [0.2, 0.25) is 5.90 Å². The Bertz CT molecular complexity index is 823. The average Bonchev–Trinajstić information content (AvgIpc) is 2.90. The molecule has 0 amide bonds. The van der Waals surface area contributed by atoms with Gasteiger partial charge in [-0.25, -0.2) is 9.79 Å². The summed E-state index contributed by atoms with van der Waals surface area (Å²) in [6.45, 7) is 2.00. The number of esters is 1. The minimum atomic E-state index is -0.493. The maximum atomic E-state index is 12.0. The zero-order valence-electron chi connectivity index (χ0n) is 12.7. The topological polar surface area (TPSA) is 47.9 Å². The van der Waals surface area contributed by atoms with E-state index in [-0.39, 0.29) is 11.6 Å². The molecule has 0 fully saturated rings. The largest absolute Gasteiger partial charge is 0.497 e. The van der Waals surface area contributed by atoms with E-state index in [9.17, 15) is 4.79 Å². The van der Waals surface area contributed by atoms with E-state index >= 15 is 0 Å². The van der Waals surface area contributed by atoms with Crippen molar-refractivity contribution < 1.29 is 14.3 Å². The normalized spacial score (nSPS) is 15.5. The molecule has 0 unspecified atom stereocenters. The van der Waals surface area contributed by atoms with Crippen LogP contribution in [0.15, 0.2) is 53.2 Å². The Morgan fingerprint density at radius 2 is 1.91 bits per heavy atom. The van der Waals surface area contributed by atoms with Crippen LogP contribution >= 0.6 is 11.6 Å². The molecule has 2 aromatic carbocycles. The summed E-state index contributed by atoms with van der Waals surface area (Å²) in [4.78, 5) is 16.2. The van der Waals surface area contributed by atoms with Gasteiger partial charge in [0.15, 0.2) is 5.70 Å². The van der Waals surface area contributed by atoms with Gasteiger partial charge in [-0.2, -0.15) is 0 Å². The zero-order valence-corrected chi connectivity index (χ0v) is 13.4. The van der Waals surface area contributed by atoms with Crippen LogP contribution in [0.5, 0.6) is 5.75 Å². The van der Waals surface area contributed by atoms with Gasteiger partial charge in [0, 0.05) is 0 Å². The number of benzene rings is 2. The maximum Gasteiger partial charge on any atom is 0.363 e. The number of halogens is 1. The Balaban J connectivity index is 1.93. The van der Waals surface area contributed by atoms with Gasteiger partial charge >= 0.3 is 5.97 Å². The third kappa shape index (κ3) is 3.27. The van der Waals surface area contributed by atoms with E-state index < -0.39 is 5.97 Å². The first-order chi connectivity index (χ1) is 11.1. The highest BCUT2D eigenvalue weighted by Crippen LogP contribution is 2.27. The highest BCUT2D eigenvalue weighted by Gasteiger charge is 2.25. The van der Waals surface area contributed by atoms with E-state index in [4.69, 9.17) is 21.1 Å².